The molecule has 2 aliphatic heterocycles. The largest absolute Gasteiger partial charge is 0.506 e. The van der Waals surface area contributed by atoms with E-state index in [0.29, 0.717) is 42.5 Å². The van der Waals surface area contributed by atoms with Gasteiger partial charge >= 0.3 is 6.09 Å². The third-order valence-electron chi connectivity index (χ3n) is 10.2. The number of hydrogen-bond acceptors (Lipinski definition) is 8. The number of aryl methyl sites for hydroxylation is 1. The van der Waals surface area contributed by atoms with Crippen molar-refractivity contribution in [3.8, 4) is 5.75 Å². The molecule has 0 aliphatic carbocycles. The fourth-order valence-corrected chi connectivity index (χ4v) is 9.05. The molecule has 6 rings (SSSR count). The Kier molecular flexibility index (Phi) is 11.6. The summed E-state index contributed by atoms with van der Waals surface area (Å²) in [5, 5.41) is 20.8. The zero-order chi connectivity index (χ0) is 39.0. The number of anilines is 3. The average molecular weight is 797 g/mol. The average Bonchev–Trinajstić information content (AvgIpc) is 3.83. The third kappa shape index (κ3) is 7.41. The Balaban J connectivity index is 1.18. The molecule has 12 nitrogen and oxygen atoms in total. The highest BCUT2D eigenvalue weighted by atomic mass is 35.5. The van der Waals surface area contributed by atoms with Crippen LogP contribution >= 0.6 is 34.5 Å². The SMILES string of the molecule is Cc1csc2c(O)cc3c(c12)C(CCl)CN3C(=O)CCCC(=O)N1C[C@@H](CCl)c2c1cc(NC(=O)C(C)NC(=O)C(OC(N)=O)C(C)C)c1ccccc21. The molecule has 286 valence electrons. The number of thiophene rings is 1. The van der Waals surface area contributed by atoms with Crippen molar-refractivity contribution in [3.05, 3.63) is 58.5 Å². The van der Waals surface area contributed by atoms with E-state index in [-0.39, 0.29) is 54.0 Å². The fourth-order valence-electron chi connectivity index (χ4n) is 7.57. The molecular formula is C39H43Cl2N5O7S. The third-order valence-corrected chi connectivity index (χ3v) is 12.0. The number of primary amides is 1. The number of fused-ring (bicyclic) bond motifs is 6. The van der Waals surface area contributed by atoms with Gasteiger partial charge in [0.25, 0.3) is 5.91 Å². The van der Waals surface area contributed by atoms with Crippen LogP contribution in [0.3, 0.4) is 0 Å². The van der Waals surface area contributed by atoms with Gasteiger partial charge in [-0.25, -0.2) is 4.79 Å². The predicted octanol–water partition coefficient (Wildman–Crippen LogP) is 6.84. The molecule has 5 N–H and O–H groups in total. The van der Waals surface area contributed by atoms with E-state index in [1.165, 1.54) is 18.3 Å². The van der Waals surface area contributed by atoms with Gasteiger partial charge < -0.3 is 36.0 Å². The van der Waals surface area contributed by atoms with Crippen LogP contribution in [0, 0.1) is 12.8 Å². The zero-order valence-corrected chi connectivity index (χ0v) is 32.7. The summed E-state index contributed by atoms with van der Waals surface area (Å²) in [6, 6.07) is 9.88. The van der Waals surface area contributed by atoms with Gasteiger partial charge in [0.2, 0.25) is 17.7 Å². The quantitative estimate of drug-likeness (QED) is 0.114. The molecule has 3 aromatic carbocycles. The summed E-state index contributed by atoms with van der Waals surface area (Å²) in [7, 11) is 0. The number of nitrogens with two attached hydrogens (primary N) is 1. The highest BCUT2D eigenvalue weighted by molar-refractivity contribution is 7.17. The van der Waals surface area contributed by atoms with E-state index in [2.05, 4.69) is 10.6 Å². The minimum Gasteiger partial charge on any atom is -0.506 e. The van der Waals surface area contributed by atoms with Crippen molar-refractivity contribution in [3.63, 3.8) is 0 Å². The van der Waals surface area contributed by atoms with Crippen molar-refractivity contribution in [1.82, 2.24) is 5.32 Å². The Morgan fingerprint density at radius 3 is 2.11 bits per heavy atom. The predicted molar refractivity (Wildman–Crippen MR) is 213 cm³/mol. The van der Waals surface area contributed by atoms with Gasteiger partial charge in [0.1, 0.15) is 11.8 Å². The molecule has 54 heavy (non-hydrogen) atoms. The molecule has 1 aromatic heterocycles. The molecule has 0 radical (unpaired) electrons. The Bertz CT molecular complexity index is 2160. The van der Waals surface area contributed by atoms with Crippen molar-refractivity contribution in [1.29, 1.82) is 0 Å². The number of carbonyl (C=O) groups is 5. The minimum atomic E-state index is -1.18. The normalized spacial score (nSPS) is 17.4. The van der Waals surface area contributed by atoms with E-state index in [1.54, 1.807) is 35.8 Å². The first-order chi connectivity index (χ1) is 25.7. The van der Waals surface area contributed by atoms with E-state index < -0.39 is 30.1 Å². The lowest BCUT2D eigenvalue weighted by atomic mass is 9.95. The van der Waals surface area contributed by atoms with Gasteiger partial charge in [0.15, 0.2) is 6.10 Å². The topological polar surface area (TPSA) is 171 Å². The van der Waals surface area contributed by atoms with Gasteiger partial charge in [-0.05, 0) is 59.7 Å². The molecule has 3 heterocycles. The van der Waals surface area contributed by atoms with Gasteiger partial charge in [-0.15, -0.1) is 34.5 Å². The minimum absolute atomic E-state index is 0.0752. The molecule has 0 saturated heterocycles. The highest BCUT2D eigenvalue weighted by Crippen LogP contribution is 2.49. The van der Waals surface area contributed by atoms with E-state index in [9.17, 15) is 29.1 Å². The summed E-state index contributed by atoms with van der Waals surface area (Å²) < 4.78 is 5.74. The number of halogens is 2. The summed E-state index contributed by atoms with van der Waals surface area (Å²) >= 11 is 14.3. The van der Waals surface area contributed by atoms with Crippen molar-refractivity contribution < 1.29 is 33.8 Å². The lowest BCUT2D eigenvalue weighted by molar-refractivity contribution is -0.134. The number of alkyl halides is 2. The van der Waals surface area contributed by atoms with Crippen molar-refractivity contribution in [2.45, 2.75) is 70.9 Å². The van der Waals surface area contributed by atoms with E-state index >= 15 is 0 Å². The number of nitrogens with one attached hydrogen (secondary N) is 2. The second-order valence-corrected chi connectivity index (χ2v) is 15.7. The smallest absolute Gasteiger partial charge is 0.405 e. The molecule has 4 aromatic rings. The molecular weight excluding hydrogens is 753 g/mol. The van der Waals surface area contributed by atoms with Crippen LogP contribution in [0.15, 0.2) is 41.8 Å². The number of nitrogens with zero attached hydrogens (tertiary/aromatic N) is 2. The standard InChI is InChI=1S/C39H43Cl2N5O7S/c1-19(2)35(53-39(42)52)38(51)43-21(4)37(50)44-26-12-27-33(25-9-6-5-8-24(25)26)22(14-40)16-45(27)30(48)10-7-11-31(49)46-17-23(15-41)34-28(46)13-29(47)36-32(34)20(3)18-54-36/h5-6,8-9,12-13,18-19,21-23,35,47H,7,10-11,14-17H2,1-4H3,(H2,42,52)(H,43,51)(H,44,50)/t21?,22-,23?,35?/m1/s1. The van der Waals surface area contributed by atoms with Crippen LogP contribution in [-0.4, -0.2) is 71.8 Å². The molecule has 4 atom stereocenters. The Morgan fingerprint density at radius 1 is 0.926 bits per heavy atom. The Hall–Kier alpha value is -4.59. The number of amides is 5. The van der Waals surface area contributed by atoms with Crippen molar-refractivity contribution in [2.24, 2.45) is 11.7 Å². The maximum atomic E-state index is 13.9. The van der Waals surface area contributed by atoms with E-state index in [1.807, 2.05) is 36.6 Å². The second kappa shape index (κ2) is 16.0. The fraction of sp³-hybridized carbons (Fsp3) is 0.410. The summed E-state index contributed by atoms with van der Waals surface area (Å²) in [6.45, 7) is 7.61. The van der Waals surface area contributed by atoms with Gasteiger partial charge in [0.05, 0.1) is 16.1 Å². The van der Waals surface area contributed by atoms with Gasteiger partial charge in [-0.2, -0.15) is 0 Å². The number of aromatic hydroxyl groups is 1. The number of rotatable bonds is 12. The number of phenols is 1. The van der Waals surface area contributed by atoms with Crippen molar-refractivity contribution in [2.75, 3.05) is 40.0 Å². The Labute approximate surface area is 326 Å². The molecule has 2 aliphatic rings. The summed E-state index contributed by atoms with van der Waals surface area (Å²) in [5.74, 6) is -1.44. The molecule has 3 unspecified atom stereocenters. The summed E-state index contributed by atoms with van der Waals surface area (Å²) in [5.41, 5.74) is 9.75. The number of phenolic OH excluding ortho intramolecular Hbond substituents is 1. The number of carbonyl (C=O) groups excluding carboxylic acids is 5. The van der Waals surface area contributed by atoms with E-state index in [0.717, 1.165) is 37.5 Å². The zero-order valence-electron chi connectivity index (χ0n) is 30.4. The summed E-state index contributed by atoms with van der Waals surface area (Å²) in [6.07, 6.45) is -1.77. The first kappa shape index (κ1) is 39.1. The maximum Gasteiger partial charge on any atom is 0.405 e. The van der Waals surface area contributed by atoms with Crippen LogP contribution < -0.4 is 26.2 Å². The van der Waals surface area contributed by atoms with Crippen LogP contribution in [0.1, 0.15) is 68.6 Å². The molecule has 0 saturated carbocycles. The van der Waals surface area contributed by atoms with Crippen LogP contribution in [0.25, 0.3) is 20.9 Å². The lowest BCUT2D eigenvalue weighted by Crippen LogP contribution is -2.49. The summed E-state index contributed by atoms with van der Waals surface area (Å²) in [4.78, 5) is 68.5. The van der Waals surface area contributed by atoms with Crippen molar-refractivity contribution >= 4 is 102 Å². The molecule has 5 amide bonds. The molecule has 15 heteroatoms. The first-order valence-corrected chi connectivity index (χ1v) is 19.8. The van der Waals surface area contributed by atoms with Crippen LogP contribution in [0.5, 0.6) is 5.75 Å². The number of hydrogen-bond donors (Lipinski definition) is 4. The van der Waals surface area contributed by atoms with Crippen LogP contribution in [0.2, 0.25) is 0 Å². The van der Waals surface area contributed by atoms with Gasteiger partial charge in [-0.1, -0.05) is 38.1 Å². The monoisotopic (exact) mass is 795 g/mol. The molecule has 0 bridgehead atoms. The first-order valence-electron chi connectivity index (χ1n) is 17.8. The number of ether oxygens (including phenoxy) is 1. The molecule has 0 spiro atoms. The van der Waals surface area contributed by atoms with Crippen LogP contribution in [-0.2, 0) is 23.9 Å². The number of benzene rings is 3. The highest BCUT2D eigenvalue weighted by Gasteiger charge is 2.37. The van der Waals surface area contributed by atoms with Gasteiger partial charge in [-0.3, -0.25) is 19.2 Å². The lowest BCUT2D eigenvalue weighted by Gasteiger charge is -2.23. The van der Waals surface area contributed by atoms with Gasteiger partial charge in [0, 0.05) is 72.1 Å². The molecule has 0 fully saturated rings. The Morgan fingerprint density at radius 2 is 1.52 bits per heavy atom. The maximum absolute atomic E-state index is 13.9. The van der Waals surface area contributed by atoms with E-state index in [4.69, 9.17) is 33.7 Å². The second-order valence-electron chi connectivity index (χ2n) is 14.2. The van der Waals surface area contributed by atoms with Crippen LogP contribution in [0.4, 0.5) is 21.9 Å².